The van der Waals surface area contributed by atoms with Gasteiger partial charge in [-0.1, -0.05) is 6.07 Å². The van der Waals surface area contributed by atoms with E-state index in [1.807, 2.05) is 29.5 Å². The molecule has 0 unspecified atom stereocenters. The van der Waals surface area contributed by atoms with E-state index < -0.39 is 6.03 Å². The van der Waals surface area contributed by atoms with E-state index in [0.717, 1.165) is 0 Å². The summed E-state index contributed by atoms with van der Waals surface area (Å²) in [6, 6.07) is 3.49. The summed E-state index contributed by atoms with van der Waals surface area (Å²) in [6.45, 7) is 1.66. The highest BCUT2D eigenvalue weighted by atomic mass is 32.1. The topological polar surface area (TPSA) is 70.7 Å². The zero-order chi connectivity index (χ0) is 14.1. The van der Waals surface area contributed by atoms with Gasteiger partial charge < -0.3 is 10.1 Å². The van der Waals surface area contributed by atoms with Crippen LogP contribution in [0.3, 0.4) is 0 Å². The quantitative estimate of drug-likeness (QED) is 0.722. The van der Waals surface area contributed by atoms with Crippen molar-refractivity contribution < 1.29 is 14.3 Å². The van der Waals surface area contributed by atoms with Gasteiger partial charge in [-0.15, -0.1) is 11.3 Å². The van der Waals surface area contributed by atoms with Crippen LogP contribution in [0.4, 0.5) is 4.79 Å². The van der Waals surface area contributed by atoms with Crippen LogP contribution in [0.2, 0.25) is 0 Å². The molecule has 0 fully saturated rings. The molecule has 0 aliphatic rings. The van der Waals surface area contributed by atoms with Crippen LogP contribution >= 0.6 is 11.3 Å². The van der Waals surface area contributed by atoms with E-state index in [4.69, 9.17) is 4.74 Å². The van der Waals surface area contributed by atoms with Gasteiger partial charge in [-0.2, -0.15) is 0 Å². The minimum absolute atomic E-state index is 0.176. The summed E-state index contributed by atoms with van der Waals surface area (Å²) in [5.41, 5.74) is 0. The predicted octanol–water partition coefficient (Wildman–Crippen LogP) is 0.652. The van der Waals surface area contributed by atoms with Crippen molar-refractivity contribution in [2.75, 3.05) is 33.9 Å². The van der Waals surface area contributed by atoms with Crippen molar-refractivity contribution in [2.45, 2.75) is 6.54 Å². The number of rotatable bonds is 7. The monoisotopic (exact) mass is 285 g/mol. The average Bonchev–Trinajstić information content (AvgIpc) is 2.81. The average molecular weight is 285 g/mol. The van der Waals surface area contributed by atoms with E-state index >= 15 is 0 Å². The van der Waals surface area contributed by atoms with Crippen LogP contribution in [0.25, 0.3) is 0 Å². The van der Waals surface area contributed by atoms with E-state index in [-0.39, 0.29) is 12.5 Å². The smallest absolute Gasteiger partial charge is 0.321 e. The Bertz CT molecular complexity index is 395. The van der Waals surface area contributed by atoms with Crippen LogP contribution in [-0.4, -0.2) is 50.7 Å². The molecule has 0 aliphatic heterocycles. The van der Waals surface area contributed by atoms with Crippen molar-refractivity contribution in [3.8, 4) is 0 Å². The number of thiophene rings is 1. The summed E-state index contributed by atoms with van der Waals surface area (Å²) in [6.07, 6.45) is 0. The molecule has 1 aromatic rings. The number of imide groups is 1. The van der Waals surface area contributed by atoms with Gasteiger partial charge in [-0.05, 0) is 18.5 Å². The van der Waals surface area contributed by atoms with Crippen molar-refractivity contribution in [1.82, 2.24) is 15.5 Å². The second kappa shape index (κ2) is 8.63. The Hall–Kier alpha value is -1.44. The fraction of sp³-hybridized carbons (Fsp3) is 0.500. The lowest BCUT2D eigenvalue weighted by Gasteiger charge is -2.14. The molecule has 19 heavy (non-hydrogen) atoms. The maximum atomic E-state index is 11.6. The first-order chi connectivity index (χ1) is 9.11. The maximum Gasteiger partial charge on any atom is 0.321 e. The predicted molar refractivity (Wildman–Crippen MR) is 74.1 cm³/mol. The Kier molecular flexibility index (Phi) is 7.09. The van der Waals surface area contributed by atoms with Gasteiger partial charge in [0.2, 0.25) is 5.91 Å². The van der Waals surface area contributed by atoms with E-state index in [0.29, 0.717) is 19.7 Å². The van der Waals surface area contributed by atoms with Gasteiger partial charge in [0, 0.05) is 25.1 Å². The van der Waals surface area contributed by atoms with Crippen LogP contribution in [0.5, 0.6) is 0 Å². The van der Waals surface area contributed by atoms with Gasteiger partial charge in [0.15, 0.2) is 0 Å². The number of ether oxygens (including phenoxy) is 1. The number of urea groups is 1. The van der Waals surface area contributed by atoms with Crippen molar-refractivity contribution in [1.29, 1.82) is 0 Å². The number of carbonyl (C=O) groups is 2. The van der Waals surface area contributed by atoms with Crippen LogP contribution < -0.4 is 10.6 Å². The highest BCUT2D eigenvalue weighted by Gasteiger charge is 2.10. The number of nitrogens with zero attached hydrogens (tertiary/aromatic N) is 1. The molecule has 1 heterocycles. The normalized spacial score (nSPS) is 10.5. The Morgan fingerprint density at radius 1 is 1.47 bits per heavy atom. The first-order valence-corrected chi connectivity index (χ1v) is 6.77. The van der Waals surface area contributed by atoms with Crippen LogP contribution in [0, 0.1) is 0 Å². The molecule has 2 N–H and O–H groups in total. The number of hydrogen-bond donors (Lipinski definition) is 2. The number of hydrogen-bond acceptors (Lipinski definition) is 5. The van der Waals surface area contributed by atoms with Crippen molar-refractivity contribution in [3.63, 3.8) is 0 Å². The molecule has 0 saturated carbocycles. The summed E-state index contributed by atoms with van der Waals surface area (Å²) in [5.74, 6) is -0.325. The van der Waals surface area contributed by atoms with Gasteiger partial charge in [0.25, 0.3) is 0 Å². The number of methoxy groups -OCH3 is 1. The van der Waals surface area contributed by atoms with E-state index in [1.54, 1.807) is 18.4 Å². The Morgan fingerprint density at radius 2 is 2.26 bits per heavy atom. The molecule has 0 saturated heterocycles. The molecule has 0 spiro atoms. The van der Waals surface area contributed by atoms with Gasteiger partial charge in [-0.25, -0.2) is 4.79 Å². The summed E-state index contributed by atoms with van der Waals surface area (Å²) in [4.78, 5) is 25.9. The third-order valence-electron chi connectivity index (χ3n) is 2.26. The molecule has 0 radical (unpaired) electrons. The van der Waals surface area contributed by atoms with E-state index in [9.17, 15) is 9.59 Å². The van der Waals surface area contributed by atoms with Crippen molar-refractivity contribution >= 4 is 23.3 Å². The van der Waals surface area contributed by atoms with Crippen LogP contribution in [0.1, 0.15) is 4.88 Å². The molecule has 0 bridgehead atoms. The lowest BCUT2D eigenvalue weighted by atomic mass is 10.4. The second-order valence-electron chi connectivity index (χ2n) is 4.05. The SMILES string of the molecule is COCCNC(=O)NC(=O)CN(C)Cc1cccs1. The molecule has 3 amide bonds. The third-order valence-corrected chi connectivity index (χ3v) is 3.13. The standard InChI is InChI=1S/C12H19N3O3S/c1-15(8-10-4-3-7-19-10)9-11(16)14-12(17)13-5-6-18-2/h3-4,7H,5-6,8-9H2,1-2H3,(H2,13,14,16,17). The molecule has 1 rings (SSSR count). The lowest BCUT2D eigenvalue weighted by Crippen LogP contribution is -2.44. The molecular weight excluding hydrogens is 266 g/mol. The van der Waals surface area contributed by atoms with E-state index in [1.165, 1.54) is 4.88 Å². The fourth-order valence-corrected chi connectivity index (χ4v) is 2.23. The molecule has 0 atom stereocenters. The molecule has 0 aliphatic carbocycles. The molecule has 1 aromatic heterocycles. The summed E-state index contributed by atoms with van der Waals surface area (Å²) >= 11 is 1.64. The van der Waals surface area contributed by atoms with Gasteiger partial charge in [-0.3, -0.25) is 15.0 Å². The molecule has 7 heteroatoms. The maximum absolute atomic E-state index is 11.6. The number of carbonyl (C=O) groups excluding carboxylic acids is 2. The largest absolute Gasteiger partial charge is 0.383 e. The third kappa shape index (κ3) is 6.90. The summed E-state index contributed by atoms with van der Waals surface area (Å²) in [7, 11) is 3.38. The molecule has 6 nitrogen and oxygen atoms in total. The minimum Gasteiger partial charge on any atom is -0.383 e. The van der Waals surface area contributed by atoms with E-state index in [2.05, 4.69) is 10.6 Å². The first kappa shape index (κ1) is 15.6. The highest BCUT2D eigenvalue weighted by Crippen LogP contribution is 2.10. The van der Waals surface area contributed by atoms with Crippen molar-refractivity contribution in [3.05, 3.63) is 22.4 Å². The fourth-order valence-electron chi connectivity index (χ4n) is 1.45. The number of likely N-dealkylation sites (N-methyl/N-ethyl adjacent to an activating group) is 1. The number of nitrogens with one attached hydrogen (secondary N) is 2. The number of amides is 3. The van der Waals surface area contributed by atoms with Gasteiger partial charge in [0.1, 0.15) is 0 Å². The lowest BCUT2D eigenvalue weighted by molar-refractivity contribution is -0.120. The highest BCUT2D eigenvalue weighted by molar-refractivity contribution is 7.09. The van der Waals surface area contributed by atoms with Crippen LogP contribution in [-0.2, 0) is 16.1 Å². The summed E-state index contributed by atoms with van der Waals surface area (Å²) < 4.78 is 4.79. The Labute approximate surface area is 116 Å². The van der Waals surface area contributed by atoms with Gasteiger partial charge >= 0.3 is 6.03 Å². The second-order valence-corrected chi connectivity index (χ2v) is 5.08. The molecular formula is C12H19N3O3S. The molecule has 106 valence electrons. The van der Waals surface area contributed by atoms with Crippen LogP contribution in [0.15, 0.2) is 17.5 Å². The van der Waals surface area contributed by atoms with Gasteiger partial charge in [0.05, 0.1) is 13.2 Å². The Balaban J connectivity index is 2.21. The summed E-state index contributed by atoms with van der Waals surface area (Å²) in [5, 5.41) is 6.78. The Morgan fingerprint density at radius 3 is 2.89 bits per heavy atom. The minimum atomic E-state index is -0.494. The van der Waals surface area contributed by atoms with Crippen molar-refractivity contribution in [2.24, 2.45) is 0 Å². The zero-order valence-electron chi connectivity index (χ0n) is 11.1. The molecule has 0 aromatic carbocycles. The zero-order valence-corrected chi connectivity index (χ0v) is 12.0. The first-order valence-electron chi connectivity index (χ1n) is 5.89.